The number of anilines is 1. The van der Waals surface area contributed by atoms with E-state index in [4.69, 9.17) is 9.47 Å². The fraction of sp³-hybridized carbons (Fsp3) is 0.722. The van der Waals surface area contributed by atoms with Crippen LogP contribution in [-0.2, 0) is 25.6 Å². The fourth-order valence-corrected chi connectivity index (χ4v) is 7.84. The summed E-state index contributed by atoms with van der Waals surface area (Å²) >= 11 is 0. The van der Waals surface area contributed by atoms with E-state index in [9.17, 15) is 19.2 Å². The predicted octanol–water partition coefficient (Wildman–Crippen LogP) is 5.46. The number of hydrogen-bond donors (Lipinski definition) is 1. The molecule has 0 aromatic heterocycles. The number of carbonyl (C=O) groups is 4. The molecule has 1 aliphatic carbocycles. The lowest BCUT2D eigenvalue weighted by Gasteiger charge is -2.38. The quantitative estimate of drug-likeness (QED) is 0.334. The van der Waals surface area contributed by atoms with E-state index in [0.717, 1.165) is 63.8 Å². The Hall–Kier alpha value is -3.21. The second-order valence-corrected chi connectivity index (χ2v) is 14.8. The minimum absolute atomic E-state index is 0.0122. The Morgan fingerprint density at radius 1 is 0.979 bits per heavy atom. The van der Waals surface area contributed by atoms with Crippen LogP contribution in [0.15, 0.2) is 12.1 Å². The number of likely N-dealkylation sites (N-methyl/N-ethyl adjacent to an activating group) is 1. The number of rotatable bonds is 10. The summed E-state index contributed by atoms with van der Waals surface area (Å²) in [5.74, 6) is 0.243. The Bertz CT molecular complexity index is 1280. The molecule has 1 aromatic rings. The van der Waals surface area contributed by atoms with Gasteiger partial charge in [-0.1, -0.05) is 0 Å². The average Bonchev–Trinajstić information content (AvgIpc) is 3.38. The average molecular weight is 657 g/mol. The van der Waals surface area contributed by atoms with Gasteiger partial charge in [0.2, 0.25) is 5.91 Å². The summed E-state index contributed by atoms with van der Waals surface area (Å²) in [6, 6.07) is 2.53. The molecule has 47 heavy (non-hydrogen) atoms. The van der Waals surface area contributed by atoms with Gasteiger partial charge in [-0.15, -0.1) is 0 Å². The summed E-state index contributed by atoms with van der Waals surface area (Å²) in [5, 5.41) is 2.56. The molecule has 0 spiro atoms. The first-order valence-electron chi connectivity index (χ1n) is 17.6. The predicted molar refractivity (Wildman–Crippen MR) is 177 cm³/mol. The van der Waals surface area contributed by atoms with Gasteiger partial charge in [-0.2, -0.15) is 0 Å². The molecule has 2 saturated heterocycles. The Morgan fingerprint density at radius 3 is 2.23 bits per heavy atom. The normalized spacial score (nSPS) is 23.4. The van der Waals surface area contributed by atoms with Crippen molar-refractivity contribution in [2.75, 3.05) is 38.1 Å². The highest BCUT2D eigenvalue weighted by molar-refractivity contribution is 6.01. The van der Waals surface area contributed by atoms with Crippen molar-refractivity contribution in [1.82, 2.24) is 15.1 Å². The van der Waals surface area contributed by atoms with Crippen molar-refractivity contribution in [1.29, 1.82) is 0 Å². The third-order valence-electron chi connectivity index (χ3n) is 10.4. The minimum atomic E-state index is -0.819. The van der Waals surface area contributed by atoms with Crippen molar-refractivity contribution in [3.8, 4) is 0 Å². The van der Waals surface area contributed by atoms with Crippen LogP contribution >= 0.6 is 0 Å². The number of aldehydes is 1. The zero-order valence-corrected chi connectivity index (χ0v) is 28.6. The molecule has 1 aromatic carbocycles. The van der Waals surface area contributed by atoms with Gasteiger partial charge < -0.3 is 34.3 Å². The standard InChI is InChI=1S/C36H53FN4O6/c1-36(2,3)47-35(45)40-17-13-25(14-18-40)22-24-7-9-26(10-8-24)46-27-15-19-39(20-16-27)30-12-11-28-29(32(30)37)23-41(34(28)44)31(6-5-21-42)33(43)38-4/h11-12,21,24-27,31H,5-10,13-20,22-23H2,1-4H3,(H,38,43). The van der Waals surface area contributed by atoms with Gasteiger partial charge in [0, 0.05) is 50.8 Å². The first-order chi connectivity index (χ1) is 22.5. The number of piperidine rings is 2. The zero-order valence-electron chi connectivity index (χ0n) is 28.6. The van der Waals surface area contributed by atoms with E-state index in [-0.39, 0.29) is 55.1 Å². The van der Waals surface area contributed by atoms with Gasteiger partial charge in [0.1, 0.15) is 17.9 Å². The lowest BCUT2D eigenvalue weighted by atomic mass is 9.79. The molecule has 0 radical (unpaired) electrons. The van der Waals surface area contributed by atoms with Gasteiger partial charge in [0.25, 0.3) is 5.91 Å². The molecule has 1 saturated carbocycles. The molecule has 10 nitrogen and oxygen atoms in total. The van der Waals surface area contributed by atoms with Crippen LogP contribution in [0.5, 0.6) is 0 Å². The highest BCUT2D eigenvalue weighted by atomic mass is 19.1. The molecular formula is C36H53FN4O6. The third-order valence-corrected chi connectivity index (χ3v) is 10.4. The highest BCUT2D eigenvalue weighted by Gasteiger charge is 2.39. The van der Waals surface area contributed by atoms with Gasteiger partial charge >= 0.3 is 6.09 Å². The van der Waals surface area contributed by atoms with Crippen molar-refractivity contribution >= 4 is 29.9 Å². The van der Waals surface area contributed by atoms with Crippen LogP contribution in [0.4, 0.5) is 14.9 Å². The number of benzene rings is 1. The van der Waals surface area contributed by atoms with Crippen molar-refractivity contribution in [3.63, 3.8) is 0 Å². The second-order valence-electron chi connectivity index (χ2n) is 14.8. The van der Waals surface area contributed by atoms with Gasteiger partial charge in [0.15, 0.2) is 5.82 Å². The number of hydrogen-bond acceptors (Lipinski definition) is 7. The Morgan fingerprint density at radius 2 is 1.62 bits per heavy atom. The fourth-order valence-electron chi connectivity index (χ4n) is 7.84. The lowest BCUT2D eigenvalue weighted by Crippen LogP contribution is -2.46. The number of nitrogens with one attached hydrogen (secondary N) is 1. The molecule has 4 aliphatic rings. The van der Waals surface area contributed by atoms with Crippen molar-refractivity contribution in [3.05, 3.63) is 29.1 Å². The number of ether oxygens (including phenoxy) is 2. The van der Waals surface area contributed by atoms with Gasteiger partial charge in [0.05, 0.1) is 24.4 Å². The molecule has 260 valence electrons. The van der Waals surface area contributed by atoms with Gasteiger partial charge in [-0.05, 0) is 109 Å². The van der Waals surface area contributed by atoms with E-state index in [1.165, 1.54) is 31.2 Å². The number of amides is 3. The molecule has 3 heterocycles. The van der Waals surface area contributed by atoms with Crippen LogP contribution in [0.3, 0.4) is 0 Å². The number of halogens is 1. The number of carbonyl (C=O) groups excluding carboxylic acids is 4. The summed E-state index contributed by atoms with van der Waals surface area (Å²) in [5.41, 5.74) is 0.624. The van der Waals surface area contributed by atoms with Crippen LogP contribution in [0.25, 0.3) is 0 Å². The topological polar surface area (TPSA) is 108 Å². The summed E-state index contributed by atoms with van der Waals surface area (Å²) in [7, 11) is 1.49. The monoisotopic (exact) mass is 656 g/mol. The first-order valence-corrected chi connectivity index (χ1v) is 17.6. The van der Waals surface area contributed by atoms with Crippen LogP contribution < -0.4 is 10.2 Å². The molecule has 3 fully saturated rings. The van der Waals surface area contributed by atoms with Crippen molar-refractivity contribution in [2.24, 2.45) is 11.8 Å². The van der Waals surface area contributed by atoms with Crippen LogP contribution in [0.1, 0.15) is 107 Å². The molecular weight excluding hydrogens is 603 g/mol. The SMILES string of the molecule is CNC(=O)C(CCC=O)N1Cc2c(ccc(N3CCC(OC4CCC(CC5CCN(C(=O)OC(C)(C)C)CC5)CC4)CC3)c2F)C1=O. The van der Waals surface area contributed by atoms with Crippen LogP contribution in [0.2, 0.25) is 0 Å². The van der Waals surface area contributed by atoms with E-state index in [0.29, 0.717) is 30.3 Å². The highest BCUT2D eigenvalue weighted by Crippen LogP contribution is 2.37. The molecule has 11 heteroatoms. The summed E-state index contributed by atoms with van der Waals surface area (Å²) in [6.07, 6.45) is 10.8. The van der Waals surface area contributed by atoms with Gasteiger partial charge in [-0.25, -0.2) is 9.18 Å². The number of fused-ring (bicyclic) bond motifs is 1. The van der Waals surface area contributed by atoms with E-state index in [2.05, 4.69) is 5.32 Å². The minimum Gasteiger partial charge on any atom is -0.444 e. The maximum atomic E-state index is 15.9. The Balaban J connectivity index is 1.05. The van der Waals surface area contributed by atoms with E-state index in [1.54, 1.807) is 12.1 Å². The van der Waals surface area contributed by atoms with E-state index < -0.39 is 17.5 Å². The van der Waals surface area contributed by atoms with Crippen molar-refractivity contribution < 1.29 is 33.0 Å². The van der Waals surface area contributed by atoms with E-state index in [1.807, 2.05) is 30.6 Å². The third kappa shape index (κ3) is 8.64. The molecule has 3 aliphatic heterocycles. The lowest BCUT2D eigenvalue weighted by molar-refractivity contribution is -0.125. The molecule has 0 bridgehead atoms. The molecule has 1 N–H and O–H groups in total. The first kappa shape index (κ1) is 35.1. The van der Waals surface area contributed by atoms with E-state index >= 15 is 4.39 Å². The Labute approximate surface area is 278 Å². The second kappa shape index (κ2) is 15.3. The maximum absolute atomic E-state index is 15.9. The van der Waals surface area contributed by atoms with Gasteiger partial charge in [-0.3, -0.25) is 9.59 Å². The largest absolute Gasteiger partial charge is 0.444 e. The molecule has 1 unspecified atom stereocenters. The van der Waals surface area contributed by atoms with Crippen LogP contribution in [-0.4, -0.2) is 91.1 Å². The summed E-state index contributed by atoms with van der Waals surface area (Å²) in [4.78, 5) is 54.2. The molecule has 3 amide bonds. The summed E-state index contributed by atoms with van der Waals surface area (Å²) < 4.78 is 28.0. The smallest absolute Gasteiger partial charge is 0.410 e. The van der Waals surface area contributed by atoms with Crippen LogP contribution in [0, 0.1) is 17.7 Å². The Kier molecular flexibility index (Phi) is 11.5. The number of nitrogens with zero attached hydrogens (tertiary/aromatic N) is 3. The zero-order chi connectivity index (χ0) is 33.7. The number of likely N-dealkylation sites (tertiary alicyclic amines) is 1. The maximum Gasteiger partial charge on any atom is 0.410 e. The van der Waals surface area contributed by atoms with Crippen molar-refractivity contribution in [2.45, 2.75) is 122 Å². The molecule has 5 rings (SSSR count). The molecule has 1 atom stereocenters. The summed E-state index contributed by atoms with van der Waals surface area (Å²) in [6.45, 7) is 8.65.